The average Bonchev–Trinajstić information content (AvgIpc) is 2.71. The first-order valence-corrected chi connectivity index (χ1v) is 11.5. The lowest BCUT2D eigenvalue weighted by molar-refractivity contribution is -0.605. The predicted octanol–water partition coefficient (Wildman–Crippen LogP) is 4.04. The molecule has 2 aromatic carbocycles. The van der Waals surface area contributed by atoms with Gasteiger partial charge in [0.2, 0.25) is 11.3 Å². The number of likely N-dealkylation sites (tertiary alicyclic amines) is 1. The van der Waals surface area contributed by atoms with Crippen LogP contribution in [0.25, 0.3) is 0 Å². The number of pyridine rings is 1. The Kier molecular flexibility index (Phi) is 6.91. The maximum atomic E-state index is 12.0. The van der Waals surface area contributed by atoms with Gasteiger partial charge in [0.25, 0.3) is 0 Å². The molecular formula is C22H21Cl2N3O3S. The summed E-state index contributed by atoms with van der Waals surface area (Å²) in [6.45, 7) is 1.43. The van der Waals surface area contributed by atoms with Gasteiger partial charge in [0.1, 0.15) is 0 Å². The van der Waals surface area contributed by atoms with Gasteiger partial charge in [-0.2, -0.15) is 9.04 Å². The van der Waals surface area contributed by atoms with Crippen LogP contribution in [0.5, 0.6) is 0 Å². The second kappa shape index (κ2) is 9.65. The average molecular weight is 478 g/mol. The molecule has 4 rings (SSSR count). The first-order chi connectivity index (χ1) is 14.9. The van der Waals surface area contributed by atoms with Crippen molar-refractivity contribution in [3.8, 4) is 0 Å². The van der Waals surface area contributed by atoms with Gasteiger partial charge in [-0.15, -0.1) is 0 Å². The molecule has 3 aromatic rings. The van der Waals surface area contributed by atoms with Crippen molar-refractivity contribution in [2.45, 2.75) is 18.6 Å². The van der Waals surface area contributed by atoms with Crippen LogP contribution in [0.4, 0.5) is 0 Å². The number of rotatable bonds is 7. The first kappa shape index (κ1) is 22.2. The number of benzene rings is 2. The van der Waals surface area contributed by atoms with Crippen molar-refractivity contribution in [1.29, 1.82) is 0 Å². The molecule has 1 saturated heterocycles. The van der Waals surface area contributed by atoms with Gasteiger partial charge < -0.3 is 5.21 Å². The van der Waals surface area contributed by atoms with Crippen LogP contribution < -0.4 is 4.73 Å². The predicted molar refractivity (Wildman–Crippen MR) is 122 cm³/mol. The van der Waals surface area contributed by atoms with E-state index in [1.165, 1.54) is 16.7 Å². The second-order valence-electron chi connectivity index (χ2n) is 7.49. The lowest BCUT2D eigenvalue weighted by atomic mass is 9.93. The molecule has 1 aromatic heterocycles. The summed E-state index contributed by atoms with van der Waals surface area (Å²) in [5.41, 5.74) is 2.85. The molecule has 162 valence electrons. The highest BCUT2D eigenvalue weighted by Gasteiger charge is 2.39. The lowest BCUT2D eigenvalue weighted by Crippen LogP contribution is -2.60. The quantitative estimate of drug-likeness (QED) is 0.316. The zero-order valence-corrected chi connectivity index (χ0v) is 18.8. The Balaban J connectivity index is 1.54. The summed E-state index contributed by atoms with van der Waals surface area (Å²) < 4.78 is 24.1. The molecule has 9 heteroatoms. The van der Waals surface area contributed by atoms with E-state index in [2.05, 4.69) is 4.90 Å². The molecule has 1 aliphatic heterocycles. The highest BCUT2D eigenvalue weighted by molar-refractivity contribution is 7.76. The Morgan fingerprint density at radius 1 is 1.06 bits per heavy atom. The molecule has 0 saturated carbocycles. The van der Waals surface area contributed by atoms with E-state index in [-0.39, 0.29) is 18.6 Å². The van der Waals surface area contributed by atoms with E-state index in [0.717, 1.165) is 11.1 Å². The zero-order valence-electron chi connectivity index (χ0n) is 16.5. The van der Waals surface area contributed by atoms with Gasteiger partial charge in [-0.25, -0.2) is 4.21 Å². The fraction of sp³-hybridized carbons (Fsp3) is 0.227. The SMILES string of the molecule is O=S(O)N(Cc1ccc[n+]([O-])c1)C1CN(C(c2ccc(Cl)cc2)c2ccc(Cl)cc2)C1. The Bertz CT molecular complexity index is 1010. The number of aromatic nitrogens is 1. The molecule has 1 fully saturated rings. The van der Waals surface area contributed by atoms with Crippen molar-refractivity contribution in [3.05, 3.63) is 105 Å². The van der Waals surface area contributed by atoms with Crippen LogP contribution in [-0.4, -0.2) is 37.1 Å². The molecule has 1 aliphatic rings. The first-order valence-electron chi connectivity index (χ1n) is 9.71. The fourth-order valence-corrected chi connectivity index (χ4v) is 4.77. The zero-order chi connectivity index (χ0) is 22.0. The Morgan fingerprint density at radius 2 is 1.61 bits per heavy atom. The Hall–Kier alpha value is -2.00. The normalized spacial score (nSPS) is 15.9. The van der Waals surface area contributed by atoms with Crippen LogP contribution >= 0.6 is 23.2 Å². The third kappa shape index (κ3) is 5.26. The Morgan fingerprint density at radius 3 is 2.10 bits per heavy atom. The summed E-state index contributed by atoms with van der Waals surface area (Å²) >= 11 is 10.00. The number of hydrogen-bond donors (Lipinski definition) is 1. The third-order valence-corrected chi connectivity index (χ3v) is 6.74. The fourth-order valence-electron chi connectivity index (χ4n) is 3.87. The molecule has 31 heavy (non-hydrogen) atoms. The van der Waals surface area contributed by atoms with Crippen LogP contribution in [-0.2, 0) is 17.8 Å². The van der Waals surface area contributed by atoms with Gasteiger partial charge in [-0.1, -0.05) is 47.5 Å². The molecule has 1 unspecified atom stereocenters. The summed E-state index contributed by atoms with van der Waals surface area (Å²) in [5, 5.41) is 12.9. The van der Waals surface area contributed by atoms with Crippen molar-refractivity contribution >= 4 is 34.5 Å². The monoisotopic (exact) mass is 477 g/mol. The maximum Gasteiger partial charge on any atom is 0.235 e. The van der Waals surface area contributed by atoms with Gasteiger partial charge in [0, 0.05) is 41.3 Å². The maximum absolute atomic E-state index is 12.0. The summed E-state index contributed by atoms with van der Waals surface area (Å²) in [6, 6.07) is 18.7. The minimum absolute atomic E-state index is 0.0275. The van der Waals surface area contributed by atoms with Gasteiger partial charge in [0.15, 0.2) is 12.4 Å². The van der Waals surface area contributed by atoms with E-state index in [1.54, 1.807) is 12.1 Å². The molecule has 0 radical (unpaired) electrons. The lowest BCUT2D eigenvalue weighted by Gasteiger charge is -2.47. The minimum Gasteiger partial charge on any atom is -0.619 e. The van der Waals surface area contributed by atoms with Crippen molar-refractivity contribution < 1.29 is 13.5 Å². The van der Waals surface area contributed by atoms with Crippen molar-refractivity contribution in [2.24, 2.45) is 0 Å². The topological polar surface area (TPSA) is 70.7 Å². The second-order valence-corrected chi connectivity index (χ2v) is 9.29. The summed E-state index contributed by atoms with van der Waals surface area (Å²) in [6.07, 6.45) is 2.80. The van der Waals surface area contributed by atoms with Crippen LogP contribution in [0.2, 0.25) is 10.0 Å². The highest BCUT2D eigenvalue weighted by Crippen LogP contribution is 2.35. The smallest absolute Gasteiger partial charge is 0.235 e. The van der Waals surface area contributed by atoms with Crippen LogP contribution in [0.1, 0.15) is 22.7 Å². The summed E-state index contributed by atoms with van der Waals surface area (Å²) in [4.78, 5) is 2.25. The van der Waals surface area contributed by atoms with Crippen LogP contribution in [0.3, 0.4) is 0 Å². The van der Waals surface area contributed by atoms with E-state index in [0.29, 0.717) is 33.4 Å². The summed E-state index contributed by atoms with van der Waals surface area (Å²) in [7, 11) is 0. The molecule has 0 bridgehead atoms. The standard InChI is InChI=1S/C22H21Cl2N3O3S/c23-19-7-3-17(4-8-19)22(18-5-9-20(24)10-6-18)25-14-21(15-25)27(31(29)30)13-16-2-1-11-26(28)12-16/h1-12,21-22H,13-15H2,(H,29,30). The molecule has 0 spiro atoms. The van der Waals surface area contributed by atoms with Gasteiger partial charge >= 0.3 is 0 Å². The van der Waals surface area contributed by atoms with Crippen molar-refractivity contribution in [2.75, 3.05) is 13.1 Å². The van der Waals surface area contributed by atoms with Crippen LogP contribution in [0.15, 0.2) is 73.1 Å². The molecule has 2 heterocycles. The largest absolute Gasteiger partial charge is 0.619 e. The molecular weight excluding hydrogens is 457 g/mol. The molecule has 0 aliphatic carbocycles. The van der Waals surface area contributed by atoms with Gasteiger partial charge in [-0.3, -0.25) is 9.45 Å². The van der Waals surface area contributed by atoms with Crippen molar-refractivity contribution in [3.63, 3.8) is 0 Å². The van der Waals surface area contributed by atoms with E-state index in [9.17, 15) is 14.0 Å². The van der Waals surface area contributed by atoms with E-state index in [4.69, 9.17) is 23.2 Å². The minimum atomic E-state index is -2.15. The number of hydrogen-bond acceptors (Lipinski definition) is 3. The van der Waals surface area contributed by atoms with Crippen LogP contribution in [0, 0.1) is 5.21 Å². The van der Waals surface area contributed by atoms with E-state index >= 15 is 0 Å². The molecule has 0 amide bonds. The number of nitrogens with zero attached hydrogens (tertiary/aromatic N) is 3. The molecule has 1 N–H and O–H groups in total. The third-order valence-electron chi connectivity index (χ3n) is 5.41. The van der Waals surface area contributed by atoms with E-state index in [1.807, 2.05) is 48.5 Å². The number of halogens is 2. The van der Waals surface area contributed by atoms with E-state index < -0.39 is 11.3 Å². The van der Waals surface area contributed by atoms with Gasteiger partial charge in [0.05, 0.1) is 12.1 Å². The summed E-state index contributed by atoms with van der Waals surface area (Å²) in [5.74, 6) is 0. The highest BCUT2D eigenvalue weighted by atomic mass is 35.5. The van der Waals surface area contributed by atoms with Crippen molar-refractivity contribution in [1.82, 2.24) is 9.21 Å². The molecule has 1 atom stereocenters. The molecule has 6 nitrogen and oxygen atoms in total. The Labute approximate surface area is 193 Å². The van der Waals surface area contributed by atoms with Gasteiger partial charge in [-0.05, 0) is 41.5 Å².